The number of carbonyl (C=O) groups excluding carboxylic acids is 2. The highest BCUT2D eigenvalue weighted by atomic mass is 16.3. The van der Waals surface area contributed by atoms with Crippen molar-refractivity contribution >= 4 is 11.8 Å². The molecule has 0 N–H and O–H groups in total. The molecule has 4 rings (SSSR count). The summed E-state index contributed by atoms with van der Waals surface area (Å²) < 4.78 is 5.85. The van der Waals surface area contributed by atoms with Gasteiger partial charge in [-0.1, -0.05) is 24.3 Å². The summed E-state index contributed by atoms with van der Waals surface area (Å²) in [4.78, 5) is 32.1. The summed E-state index contributed by atoms with van der Waals surface area (Å²) in [6.45, 7) is 9.74. The average molecular weight is 451 g/mol. The lowest BCUT2D eigenvalue weighted by molar-refractivity contribution is -0.157. The molecule has 2 fully saturated rings. The van der Waals surface area contributed by atoms with Crippen LogP contribution in [-0.2, 0) is 16.0 Å². The number of nitrogens with zero attached hydrogens (tertiary/aromatic N) is 2. The van der Waals surface area contributed by atoms with Crippen molar-refractivity contribution in [2.45, 2.75) is 76.2 Å². The Morgan fingerprint density at radius 2 is 1.94 bits per heavy atom. The highest BCUT2D eigenvalue weighted by Gasteiger charge is 2.63. The van der Waals surface area contributed by atoms with Gasteiger partial charge in [0, 0.05) is 32.0 Å². The fraction of sp³-hybridized carbons (Fsp3) is 0.571. The Morgan fingerprint density at radius 3 is 2.76 bits per heavy atom. The second kappa shape index (κ2) is 10.6. The van der Waals surface area contributed by atoms with Gasteiger partial charge in [-0.3, -0.25) is 9.59 Å². The maximum Gasteiger partial charge on any atom is 0.239 e. The van der Waals surface area contributed by atoms with E-state index in [1.54, 1.807) is 6.26 Å². The van der Waals surface area contributed by atoms with E-state index in [9.17, 15) is 9.59 Å². The van der Waals surface area contributed by atoms with E-state index in [4.69, 9.17) is 4.42 Å². The number of hydrogen-bond donors (Lipinski definition) is 0. The molecular weight excluding hydrogens is 412 g/mol. The molecule has 0 saturated carbocycles. The molecule has 178 valence electrons. The van der Waals surface area contributed by atoms with E-state index in [1.807, 2.05) is 22.0 Å². The number of carbonyl (C=O) groups is 2. The van der Waals surface area contributed by atoms with Crippen LogP contribution >= 0.6 is 0 Å². The smallest absolute Gasteiger partial charge is 0.239 e. The van der Waals surface area contributed by atoms with Gasteiger partial charge in [0.15, 0.2) is 0 Å². The first-order valence-electron chi connectivity index (χ1n) is 12.7. The number of piperidine rings is 1. The van der Waals surface area contributed by atoms with Crippen LogP contribution in [0.5, 0.6) is 0 Å². The number of hydrogen-bond acceptors (Lipinski definition) is 3. The van der Waals surface area contributed by atoms with E-state index < -0.39 is 5.41 Å². The highest BCUT2D eigenvalue weighted by molar-refractivity contribution is 6.08. The lowest BCUT2D eigenvalue weighted by Gasteiger charge is -2.43. The van der Waals surface area contributed by atoms with Crippen molar-refractivity contribution in [1.82, 2.24) is 9.80 Å². The first kappa shape index (κ1) is 23.6. The molecule has 1 aromatic rings. The van der Waals surface area contributed by atoms with Gasteiger partial charge in [-0.05, 0) is 69.4 Å². The van der Waals surface area contributed by atoms with Crippen LogP contribution in [0.1, 0.15) is 75.0 Å². The lowest BCUT2D eigenvalue weighted by atomic mass is 9.65. The molecule has 0 unspecified atom stereocenters. The van der Waals surface area contributed by atoms with Gasteiger partial charge in [-0.15, -0.1) is 13.2 Å². The molecule has 0 aromatic carbocycles. The quantitative estimate of drug-likeness (QED) is 0.288. The van der Waals surface area contributed by atoms with Crippen molar-refractivity contribution in [3.63, 3.8) is 0 Å². The van der Waals surface area contributed by atoms with Gasteiger partial charge in [-0.25, -0.2) is 0 Å². The topological polar surface area (TPSA) is 53.8 Å². The Morgan fingerprint density at radius 1 is 1.09 bits per heavy atom. The molecule has 0 aliphatic carbocycles. The van der Waals surface area contributed by atoms with Crippen molar-refractivity contribution in [2.24, 2.45) is 5.41 Å². The first-order chi connectivity index (χ1) is 16.1. The summed E-state index contributed by atoms with van der Waals surface area (Å²) in [5.41, 5.74) is -0.0168. The van der Waals surface area contributed by atoms with Crippen LogP contribution in [-0.4, -0.2) is 47.3 Å². The van der Waals surface area contributed by atoms with Crippen molar-refractivity contribution in [3.05, 3.63) is 61.1 Å². The van der Waals surface area contributed by atoms with Gasteiger partial charge < -0.3 is 14.2 Å². The van der Waals surface area contributed by atoms with Crippen molar-refractivity contribution in [2.75, 3.05) is 19.6 Å². The standard InChI is InChI=1S/C28H38N2O3/c1-3-5-7-11-16-29-18-15-25(22-19-24(33-21-22)14-6-4-2)28(26(29)31)20-23-13-10-8-9-12-17-30(23)27(28)32/h3-4,10,13,19,21,23,25H,1-2,5-9,11-12,14-18,20H2/b13-10-/t23-,25-,28+/m0/s1. The Bertz CT molecular complexity index is 901. The maximum absolute atomic E-state index is 14.1. The number of fused-ring (bicyclic) bond motifs is 1. The Kier molecular flexibility index (Phi) is 7.56. The zero-order valence-corrected chi connectivity index (χ0v) is 19.8. The SMILES string of the molecule is C=CCCCCN1CC[C@@H](c2coc(CCC=C)c2)[C@]2(C[C@@H]3/C=C\CCCCN3C2=O)C1=O. The molecule has 33 heavy (non-hydrogen) atoms. The predicted molar refractivity (Wildman–Crippen MR) is 131 cm³/mol. The van der Waals surface area contributed by atoms with Gasteiger partial charge >= 0.3 is 0 Å². The fourth-order valence-corrected chi connectivity index (χ4v) is 5.92. The van der Waals surface area contributed by atoms with Gasteiger partial charge in [-0.2, -0.15) is 0 Å². The summed E-state index contributed by atoms with van der Waals surface area (Å²) in [7, 11) is 0. The molecule has 5 nitrogen and oxygen atoms in total. The minimum Gasteiger partial charge on any atom is -0.469 e. The summed E-state index contributed by atoms with van der Waals surface area (Å²) in [6.07, 6.45) is 19.0. The largest absolute Gasteiger partial charge is 0.469 e. The van der Waals surface area contributed by atoms with Gasteiger partial charge in [0.1, 0.15) is 11.2 Å². The number of unbranched alkanes of at least 4 members (excludes halogenated alkanes) is 2. The zero-order valence-electron chi connectivity index (χ0n) is 19.8. The Labute approximate surface area is 198 Å². The number of amides is 2. The second-order valence-corrected chi connectivity index (χ2v) is 9.76. The van der Waals surface area contributed by atoms with Crippen molar-refractivity contribution in [1.29, 1.82) is 0 Å². The minimum atomic E-state index is -1.02. The lowest BCUT2D eigenvalue weighted by Crippen LogP contribution is -2.56. The van der Waals surface area contributed by atoms with Crippen LogP contribution in [0.25, 0.3) is 0 Å². The van der Waals surface area contributed by atoms with E-state index in [2.05, 4.69) is 31.4 Å². The molecule has 3 atom stereocenters. The van der Waals surface area contributed by atoms with Crippen molar-refractivity contribution in [3.8, 4) is 0 Å². The average Bonchev–Trinajstić information content (AvgIpc) is 3.36. The normalized spacial score (nSPS) is 28.5. The van der Waals surface area contributed by atoms with Crippen LogP contribution in [0.4, 0.5) is 0 Å². The van der Waals surface area contributed by atoms with Crippen LogP contribution in [0.15, 0.2) is 54.2 Å². The van der Waals surface area contributed by atoms with E-state index in [0.717, 1.165) is 75.7 Å². The number of likely N-dealkylation sites (tertiary alicyclic amines) is 1. The highest BCUT2D eigenvalue weighted by Crippen LogP contribution is 2.53. The number of rotatable bonds is 9. The molecule has 4 heterocycles. The molecule has 5 heteroatoms. The third kappa shape index (κ3) is 4.60. The minimum absolute atomic E-state index is 0.0112. The first-order valence-corrected chi connectivity index (χ1v) is 12.7. The molecule has 3 aliphatic rings. The van der Waals surface area contributed by atoms with Crippen LogP contribution in [0, 0.1) is 5.41 Å². The molecule has 2 saturated heterocycles. The van der Waals surface area contributed by atoms with Crippen LogP contribution in [0.2, 0.25) is 0 Å². The van der Waals surface area contributed by atoms with E-state index in [1.165, 1.54) is 0 Å². The molecule has 0 radical (unpaired) electrons. The Hall–Kier alpha value is -2.56. The third-order valence-electron chi connectivity index (χ3n) is 7.66. The predicted octanol–water partition coefficient (Wildman–Crippen LogP) is 5.40. The zero-order chi connectivity index (χ0) is 23.3. The monoisotopic (exact) mass is 450 g/mol. The number of aryl methyl sites for hydroxylation is 1. The van der Waals surface area contributed by atoms with Crippen LogP contribution in [0.3, 0.4) is 0 Å². The van der Waals surface area contributed by atoms with Crippen LogP contribution < -0.4 is 0 Å². The number of furan rings is 1. The summed E-state index contributed by atoms with van der Waals surface area (Å²) in [5, 5.41) is 0. The summed E-state index contributed by atoms with van der Waals surface area (Å²) >= 11 is 0. The van der Waals surface area contributed by atoms with E-state index in [-0.39, 0.29) is 23.8 Å². The van der Waals surface area contributed by atoms with Gasteiger partial charge in [0.25, 0.3) is 0 Å². The maximum atomic E-state index is 14.1. The summed E-state index contributed by atoms with van der Waals surface area (Å²) in [5.74, 6) is 0.816. The van der Waals surface area contributed by atoms with E-state index >= 15 is 0 Å². The fourth-order valence-electron chi connectivity index (χ4n) is 5.92. The van der Waals surface area contributed by atoms with Gasteiger partial charge in [0.05, 0.1) is 12.3 Å². The van der Waals surface area contributed by atoms with Crippen molar-refractivity contribution < 1.29 is 14.0 Å². The van der Waals surface area contributed by atoms with Gasteiger partial charge in [0.2, 0.25) is 11.8 Å². The molecule has 2 amide bonds. The molecule has 1 aromatic heterocycles. The van der Waals surface area contributed by atoms with E-state index in [0.29, 0.717) is 19.5 Å². The Balaban J connectivity index is 1.65. The molecule has 0 bridgehead atoms. The second-order valence-electron chi connectivity index (χ2n) is 9.76. The molecular formula is C28H38N2O3. The third-order valence-corrected chi connectivity index (χ3v) is 7.66. The number of allylic oxidation sites excluding steroid dienone is 3. The molecule has 1 spiro atoms. The summed E-state index contributed by atoms with van der Waals surface area (Å²) in [6, 6.07) is 2.08. The molecule has 3 aliphatic heterocycles.